The number of carbonyl (C=O) groups is 2. The van der Waals surface area contributed by atoms with E-state index in [1.165, 1.54) is 6.07 Å². The fraction of sp³-hybridized carbons (Fsp3) is 0. The van der Waals surface area contributed by atoms with Crippen LogP contribution in [0.15, 0.2) is 119 Å². The minimum Gasteiger partial charge on any atom is -0.267 e. The zero-order valence-corrected chi connectivity index (χ0v) is 19.3. The molecule has 0 heterocycles. The minimum absolute atomic E-state index is 0.316. The molecule has 174 valence electrons. The van der Waals surface area contributed by atoms with Gasteiger partial charge in [-0.05, 0) is 39.7 Å². The Labute approximate surface area is 208 Å². The lowest BCUT2D eigenvalue weighted by atomic mass is 10.1. The first-order valence-corrected chi connectivity index (χ1v) is 11.4. The molecule has 0 aliphatic carbocycles. The Morgan fingerprint density at radius 2 is 0.944 bits per heavy atom. The molecular weight excluding hydrogens is 448 g/mol. The van der Waals surface area contributed by atoms with E-state index in [-0.39, 0.29) is 0 Å². The van der Waals surface area contributed by atoms with Gasteiger partial charge in [-0.2, -0.15) is 10.2 Å². The molecule has 6 heteroatoms. The number of carbonyl (C=O) groups excluding carboxylic acids is 2. The second-order valence-corrected chi connectivity index (χ2v) is 8.12. The number of benzene rings is 5. The van der Waals surface area contributed by atoms with Gasteiger partial charge in [0, 0.05) is 22.3 Å². The minimum atomic E-state index is -0.416. The molecule has 0 spiro atoms. The lowest BCUT2D eigenvalue weighted by Gasteiger charge is -2.05. The molecule has 2 N–H and O–H groups in total. The van der Waals surface area contributed by atoms with E-state index in [0.29, 0.717) is 11.1 Å². The second kappa shape index (κ2) is 10.4. The first-order chi connectivity index (χ1) is 17.7. The third kappa shape index (κ3) is 5.03. The standard InChI is InChI=1S/C30H22N4O2/c35-29(33-31-19-25-14-5-10-21-8-1-3-16-27(21)25)23-12-7-13-24(18-23)30(36)34-32-20-26-15-6-11-22-9-2-4-17-28(22)26/h1-20H,(H,33,35)(H,34,36)/b31-19+,32-20+. The van der Waals surface area contributed by atoms with Crippen LogP contribution in [0, 0.1) is 0 Å². The highest BCUT2D eigenvalue weighted by atomic mass is 16.2. The van der Waals surface area contributed by atoms with Crippen LogP contribution in [0.3, 0.4) is 0 Å². The van der Waals surface area contributed by atoms with Crippen molar-refractivity contribution in [2.45, 2.75) is 0 Å². The van der Waals surface area contributed by atoms with Gasteiger partial charge >= 0.3 is 0 Å². The lowest BCUT2D eigenvalue weighted by molar-refractivity contribution is 0.0954. The van der Waals surface area contributed by atoms with E-state index in [2.05, 4.69) is 21.1 Å². The van der Waals surface area contributed by atoms with E-state index >= 15 is 0 Å². The summed E-state index contributed by atoms with van der Waals surface area (Å²) in [5, 5.41) is 12.5. The number of amides is 2. The Kier molecular flexibility index (Phi) is 6.58. The molecule has 0 aliphatic rings. The molecule has 0 atom stereocenters. The largest absolute Gasteiger partial charge is 0.271 e. The van der Waals surface area contributed by atoms with E-state index in [9.17, 15) is 9.59 Å². The van der Waals surface area contributed by atoms with Crippen LogP contribution in [0.2, 0.25) is 0 Å². The van der Waals surface area contributed by atoms with Crippen LogP contribution in [-0.4, -0.2) is 24.2 Å². The van der Waals surface area contributed by atoms with Gasteiger partial charge in [-0.25, -0.2) is 10.9 Å². The number of hydrazone groups is 2. The number of nitrogens with one attached hydrogen (secondary N) is 2. The van der Waals surface area contributed by atoms with Gasteiger partial charge in [0.2, 0.25) is 0 Å². The molecule has 6 nitrogen and oxygen atoms in total. The zero-order chi connectivity index (χ0) is 24.7. The summed E-state index contributed by atoms with van der Waals surface area (Å²) in [6, 6.07) is 34.1. The third-order valence-electron chi connectivity index (χ3n) is 5.77. The molecule has 0 saturated heterocycles. The lowest BCUT2D eigenvalue weighted by Crippen LogP contribution is -2.20. The zero-order valence-electron chi connectivity index (χ0n) is 19.3. The molecule has 0 aliphatic heterocycles. The fourth-order valence-electron chi connectivity index (χ4n) is 3.98. The van der Waals surface area contributed by atoms with Crippen LogP contribution in [0.4, 0.5) is 0 Å². The van der Waals surface area contributed by atoms with Crippen molar-refractivity contribution in [1.29, 1.82) is 0 Å². The molecule has 2 amide bonds. The first kappa shape index (κ1) is 22.7. The van der Waals surface area contributed by atoms with Crippen molar-refractivity contribution in [3.05, 3.63) is 131 Å². The number of hydrogen-bond donors (Lipinski definition) is 2. The highest BCUT2D eigenvalue weighted by molar-refractivity contribution is 6.03. The molecule has 5 aromatic carbocycles. The van der Waals surface area contributed by atoms with Crippen LogP contribution < -0.4 is 10.9 Å². The maximum atomic E-state index is 12.6. The summed E-state index contributed by atoms with van der Waals surface area (Å²) < 4.78 is 0. The molecule has 0 aromatic heterocycles. The summed E-state index contributed by atoms with van der Waals surface area (Å²) >= 11 is 0. The Balaban J connectivity index is 1.24. The van der Waals surface area contributed by atoms with Crippen molar-refractivity contribution in [2.75, 3.05) is 0 Å². The van der Waals surface area contributed by atoms with Crippen molar-refractivity contribution in [1.82, 2.24) is 10.9 Å². The van der Waals surface area contributed by atoms with Crippen LogP contribution >= 0.6 is 0 Å². The summed E-state index contributed by atoms with van der Waals surface area (Å²) in [5.74, 6) is -0.833. The quantitative estimate of drug-likeness (QED) is 0.253. The van der Waals surface area contributed by atoms with Crippen LogP contribution in [0.1, 0.15) is 31.8 Å². The molecule has 0 radical (unpaired) electrons. The maximum Gasteiger partial charge on any atom is 0.271 e. The van der Waals surface area contributed by atoms with Gasteiger partial charge in [-0.3, -0.25) is 9.59 Å². The molecular formula is C30H22N4O2. The molecule has 0 bridgehead atoms. The molecule has 0 fully saturated rings. The topological polar surface area (TPSA) is 82.9 Å². The third-order valence-corrected chi connectivity index (χ3v) is 5.77. The number of nitrogens with zero attached hydrogens (tertiary/aromatic N) is 2. The number of hydrogen-bond acceptors (Lipinski definition) is 4. The average Bonchev–Trinajstić information content (AvgIpc) is 2.93. The van der Waals surface area contributed by atoms with Crippen LogP contribution in [0.25, 0.3) is 21.5 Å². The maximum absolute atomic E-state index is 12.6. The molecule has 0 unspecified atom stereocenters. The van der Waals surface area contributed by atoms with Crippen molar-refractivity contribution in [2.24, 2.45) is 10.2 Å². The highest BCUT2D eigenvalue weighted by Gasteiger charge is 2.10. The van der Waals surface area contributed by atoms with Gasteiger partial charge in [-0.1, -0.05) is 91.0 Å². The summed E-state index contributed by atoms with van der Waals surface area (Å²) in [6.45, 7) is 0. The molecule has 5 rings (SSSR count). The van der Waals surface area contributed by atoms with Crippen molar-refractivity contribution >= 4 is 45.8 Å². The van der Waals surface area contributed by atoms with Gasteiger partial charge in [0.1, 0.15) is 0 Å². The van der Waals surface area contributed by atoms with Crippen molar-refractivity contribution < 1.29 is 9.59 Å². The molecule has 36 heavy (non-hydrogen) atoms. The highest BCUT2D eigenvalue weighted by Crippen LogP contribution is 2.18. The predicted molar refractivity (Wildman–Crippen MR) is 144 cm³/mol. The summed E-state index contributed by atoms with van der Waals surface area (Å²) in [7, 11) is 0. The SMILES string of the molecule is O=C(N/N=C/c1cccc2ccccc12)c1cccc(C(=O)N/N=C/c2cccc3ccccc23)c1. The number of rotatable bonds is 6. The van der Waals surface area contributed by atoms with Gasteiger partial charge < -0.3 is 0 Å². The Morgan fingerprint density at radius 3 is 1.44 bits per heavy atom. The number of fused-ring (bicyclic) bond motifs is 2. The van der Waals surface area contributed by atoms with Crippen molar-refractivity contribution in [3.8, 4) is 0 Å². The van der Waals surface area contributed by atoms with Gasteiger partial charge in [0.05, 0.1) is 12.4 Å². The summed E-state index contributed by atoms with van der Waals surface area (Å²) in [6.07, 6.45) is 3.22. The second-order valence-electron chi connectivity index (χ2n) is 8.12. The Morgan fingerprint density at radius 1 is 0.528 bits per heavy atom. The normalized spacial score (nSPS) is 11.3. The monoisotopic (exact) mass is 470 g/mol. The van der Waals surface area contributed by atoms with Gasteiger partial charge in [-0.15, -0.1) is 0 Å². The van der Waals surface area contributed by atoms with Crippen LogP contribution in [0.5, 0.6) is 0 Å². The Hall–Kier alpha value is -5.10. The van der Waals surface area contributed by atoms with E-state index in [4.69, 9.17) is 0 Å². The van der Waals surface area contributed by atoms with E-state index in [1.807, 2.05) is 84.9 Å². The van der Waals surface area contributed by atoms with E-state index in [0.717, 1.165) is 32.7 Å². The Bertz CT molecular complexity index is 1510. The fourth-order valence-corrected chi connectivity index (χ4v) is 3.98. The van der Waals surface area contributed by atoms with Gasteiger partial charge in [0.25, 0.3) is 11.8 Å². The van der Waals surface area contributed by atoms with Gasteiger partial charge in [0.15, 0.2) is 0 Å². The van der Waals surface area contributed by atoms with Crippen molar-refractivity contribution in [3.63, 3.8) is 0 Å². The first-order valence-electron chi connectivity index (χ1n) is 11.4. The average molecular weight is 471 g/mol. The summed E-state index contributed by atoms with van der Waals surface area (Å²) in [4.78, 5) is 25.2. The smallest absolute Gasteiger partial charge is 0.267 e. The predicted octanol–water partition coefficient (Wildman–Crippen LogP) is 5.52. The molecule has 0 saturated carbocycles. The van der Waals surface area contributed by atoms with E-state index in [1.54, 1.807) is 30.6 Å². The van der Waals surface area contributed by atoms with Crippen LogP contribution in [-0.2, 0) is 0 Å². The molecule has 5 aromatic rings. The van der Waals surface area contributed by atoms with E-state index < -0.39 is 11.8 Å². The summed E-state index contributed by atoms with van der Waals surface area (Å²) in [5.41, 5.74) is 7.48.